The fourth-order valence-corrected chi connectivity index (χ4v) is 4.58. The standard InChI is InChI=1S/C23H31N3O.2C2HF3O2/c1-27-22-7-5-20(6-8-22)18-25-14-9-23(10-15-25)11-16-26(17-12-23)19-21-4-2-3-13-24-21;2*3-2(4,5)1(6)7/h2-8,13H,9-12,14-19H2,1H3;2*(H,6,7). The normalized spacial score (nSPS) is 17.4. The second-order valence-electron chi connectivity index (χ2n) is 9.83. The second-order valence-corrected chi connectivity index (χ2v) is 9.83. The molecule has 0 amide bonds. The summed E-state index contributed by atoms with van der Waals surface area (Å²) in [6, 6.07) is 14.7. The minimum absolute atomic E-state index is 0.580. The van der Waals surface area contributed by atoms with Crippen molar-refractivity contribution in [1.29, 1.82) is 0 Å². The van der Waals surface area contributed by atoms with Gasteiger partial charge in [-0.2, -0.15) is 26.3 Å². The molecule has 2 N–H and O–H groups in total. The van der Waals surface area contributed by atoms with Gasteiger partial charge in [-0.3, -0.25) is 14.8 Å². The second kappa shape index (κ2) is 15.0. The summed E-state index contributed by atoms with van der Waals surface area (Å²) in [4.78, 5) is 27.5. The minimum Gasteiger partial charge on any atom is -0.497 e. The first kappa shape index (κ1) is 33.8. The van der Waals surface area contributed by atoms with Crippen LogP contribution in [0.25, 0.3) is 0 Å². The Balaban J connectivity index is 0.000000349. The molecule has 0 atom stereocenters. The first-order valence-electron chi connectivity index (χ1n) is 12.7. The van der Waals surface area contributed by atoms with E-state index in [1.807, 2.05) is 12.3 Å². The largest absolute Gasteiger partial charge is 0.497 e. The lowest BCUT2D eigenvalue weighted by molar-refractivity contribution is -0.193. The SMILES string of the molecule is COc1ccc(CN2CCC3(CC2)CCN(Cc2ccccn2)CC3)cc1.O=C(O)C(F)(F)F.O=C(O)C(F)(F)F. The summed E-state index contributed by atoms with van der Waals surface area (Å²) in [5.41, 5.74) is 3.16. The number of hydrogen-bond donors (Lipinski definition) is 2. The molecule has 2 saturated heterocycles. The van der Waals surface area contributed by atoms with Gasteiger partial charge in [0.25, 0.3) is 0 Å². The van der Waals surface area contributed by atoms with Crippen LogP contribution in [0.4, 0.5) is 26.3 Å². The fraction of sp³-hybridized carbons (Fsp3) is 0.519. The number of piperidine rings is 2. The van der Waals surface area contributed by atoms with Gasteiger partial charge in [0.15, 0.2) is 0 Å². The topological polar surface area (TPSA) is 103 Å². The van der Waals surface area contributed by atoms with Gasteiger partial charge in [0.05, 0.1) is 12.8 Å². The van der Waals surface area contributed by atoms with Crippen molar-refractivity contribution in [1.82, 2.24) is 14.8 Å². The number of benzene rings is 1. The smallest absolute Gasteiger partial charge is 0.490 e. The number of ether oxygens (including phenoxy) is 1. The number of methoxy groups -OCH3 is 1. The zero-order valence-corrected chi connectivity index (χ0v) is 22.4. The highest BCUT2D eigenvalue weighted by molar-refractivity contribution is 5.73. The molecule has 0 aliphatic carbocycles. The van der Waals surface area contributed by atoms with Gasteiger partial charge in [0, 0.05) is 19.3 Å². The number of aromatic nitrogens is 1. The number of carboxylic acid groups (broad SMARTS) is 2. The highest BCUT2D eigenvalue weighted by atomic mass is 19.4. The Morgan fingerprint density at radius 1 is 0.805 bits per heavy atom. The van der Waals surface area contributed by atoms with Crippen LogP contribution in [0.2, 0.25) is 0 Å². The van der Waals surface area contributed by atoms with Gasteiger partial charge >= 0.3 is 24.3 Å². The van der Waals surface area contributed by atoms with Crippen LogP contribution in [0.3, 0.4) is 0 Å². The van der Waals surface area contributed by atoms with Crippen molar-refractivity contribution in [3.05, 3.63) is 59.9 Å². The highest BCUT2D eigenvalue weighted by Gasteiger charge is 2.39. The van der Waals surface area contributed by atoms with E-state index in [0.717, 1.165) is 18.8 Å². The van der Waals surface area contributed by atoms with Crippen LogP contribution in [0.5, 0.6) is 5.75 Å². The van der Waals surface area contributed by atoms with Crippen LogP contribution >= 0.6 is 0 Å². The minimum atomic E-state index is -5.08. The predicted octanol–water partition coefficient (Wildman–Crippen LogP) is 5.24. The maximum Gasteiger partial charge on any atom is 0.490 e. The maximum atomic E-state index is 10.6. The number of halogens is 6. The van der Waals surface area contributed by atoms with Gasteiger partial charge < -0.3 is 14.9 Å². The maximum absolute atomic E-state index is 10.6. The van der Waals surface area contributed by atoms with E-state index < -0.39 is 24.3 Å². The fourth-order valence-electron chi connectivity index (χ4n) is 4.58. The Bertz CT molecular complexity index is 1060. The first-order valence-corrected chi connectivity index (χ1v) is 12.7. The number of rotatable bonds is 5. The molecular formula is C27H33F6N3O5. The van der Waals surface area contributed by atoms with Crippen LogP contribution < -0.4 is 4.74 Å². The molecule has 0 unspecified atom stereocenters. The average Bonchev–Trinajstić information content (AvgIpc) is 2.92. The summed E-state index contributed by atoms with van der Waals surface area (Å²) in [5.74, 6) is -4.58. The summed E-state index contributed by atoms with van der Waals surface area (Å²) in [6.45, 7) is 6.95. The molecule has 228 valence electrons. The summed E-state index contributed by atoms with van der Waals surface area (Å²) < 4.78 is 68.7. The number of carbonyl (C=O) groups is 2. The van der Waals surface area contributed by atoms with Crippen molar-refractivity contribution >= 4 is 11.9 Å². The molecule has 0 bridgehead atoms. The molecule has 1 spiro atoms. The Morgan fingerprint density at radius 2 is 1.24 bits per heavy atom. The molecule has 0 radical (unpaired) electrons. The van der Waals surface area contributed by atoms with Gasteiger partial charge in [-0.05, 0) is 87.1 Å². The van der Waals surface area contributed by atoms with E-state index in [0.29, 0.717) is 5.41 Å². The molecule has 2 aliphatic rings. The first-order chi connectivity index (χ1) is 19.1. The van der Waals surface area contributed by atoms with Gasteiger partial charge in [-0.1, -0.05) is 18.2 Å². The van der Waals surface area contributed by atoms with E-state index in [-0.39, 0.29) is 0 Å². The van der Waals surface area contributed by atoms with Gasteiger partial charge in [-0.25, -0.2) is 9.59 Å². The molecule has 14 heteroatoms. The third kappa shape index (κ3) is 11.9. The lowest BCUT2D eigenvalue weighted by Gasteiger charge is -2.47. The monoisotopic (exact) mass is 593 g/mol. The van der Waals surface area contributed by atoms with Crippen molar-refractivity contribution in [3.8, 4) is 5.75 Å². The van der Waals surface area contributed by atoms with Crippen molar-refractivity contribution in [3.63, 3.8) is 0 Å². The van der Waals surface area contributed by atoms with E-state index in [2.05, 4.69) is 51.2 Å². The third-order valence-corrected chi connectivity index (χ3v) is 7.00. The number of pyridine rings is 1. The summed E-state index contributed by atoms with van der Waals surface area (Å²) in [6.07, 6.45) is -2.88. The number of alkyl halides is 6. The Labute approximate surface area is 233 Å². The third-order valence-electron chi connectivity index (χ3n) is 7.00. The van der Waals surface area contributed by atoms with Crippen molar-refractivity contribution in [2.75, 3.05) is 33.3 Å². The summed E-state index contributed by atoms with van der Waals surface area (Å²) in [7, 11) is 1.72. The zero-order chi connectivity index (χ0) is 30.7. The van der Waals surface area contributed by atoms with E-state index >= 15 is 0 Å². The molecule has 8 nitrogen and oxygen atoms in total. The Morgan fingerprint density at radius 3 is 1.61 bits per heavy atom. The molecule has 2 aliphatic heterocycles. The van der Waals surface area contributed by atoms with Gasteiger partial charge in [0.2, 0.25) is 0 Å². The summed E-state index contributed by atoms with van der Waals surface area (Å²) >= 11 is 0. The van der Waals surface area contributed by atoms with E-state index in [1.165, 1.54) is 63.1 Å². The molecule has 3 heterocycles. The van der Waals surface area contributed by atoms with Crippen LogP contribution in [-0.2, 0) is 22.7 Å². The van der Waals surface area contributed by atoms with Crippen LogP contribution in [0.1, 0.15) is 36.9 Å². The zero-order valence-electron chi connectivity index (χ0n) is 22.4. The van der Waals surface area contributed by atoms with E-state index in [4.69, 9.17) is 24.5 Å². The van der Waals surface area contributed by atoms with Gasteiger partial charge in [-0.15, -0.1) is 0 Å². The van der Waals surface area contributed by atoms with Crippen LogP contribution in [0.15, 0.2) is 48.7 Å². The van der Waals surface area contributed by atoms with E-state index in [1.54, 1.807) is 7.11 Å². The lowest BCUT2D eigenvalue weighted by atomic mass is 9.71. The molecule has 41 heavy (non-hydrogen) atoms. The molecule has 1 aromatic heterocycles. The van der Waals surface area contributed by atoms with Gasteiger partial charge in [0.1, 0.15) is 5.75 Å². The number of nitrogens with zero attached hydrogens (tertiary/aromatic N) is 3. The number of aliphatic carboxylic acids is 2. The number of hydrogen-bond acceptors (Lipinski definition) is 6. The molecule has 2 aromatic rings. The van der Waals surface area contributed by atoms with Crippen molar-refractivity contribution < 1.29 is 50.9 Å². The number of likely N-dealkylation sites (tertiary alicyclic amines) is 2. The van der Waals surface area contributed by atoms with E-state index in [9.17, 15) is 26.3 Å². The average molecular weight is 594 g/mol. The molecule has 1 aromatic carbocycles. The Kier molecular flexibility index (Phi) is 12.4. The highest BCUT2D eigenvalue weighted by Crippen LogP contribution is 2.41. The van der Waals surface area contributed by atoms with Crippen molar-refractivity contribution in [2.24, 2.45) is 5.41 Å². The molecule has 0 saturated carbocycles. The summed E-state index contributed by atoms with van der Waals surface area (Å²) in [5, 5.41) is 14.2. The lowest BCUT2D eigenvalue weighted by Crippen LogP contribution is -2.46. The number of carboxylic acids is 2. The predicted molar refractivity (Wildman–Crippen MR) is 136 cm³/mol. The van der Waals surface area contributed by atoms with Crippen LogP contribution in [-0.4, -0.2) is 82.6 Å². The quantitative estimate of drug-likeness (QED) is 0.455. The Hall–Kier alpha value is -3.39. The molecule has 2 fully saturated rings. The molecular weight excluding hydrogens is 560 g/mol. The van der Waals surface area contributed by atoms with Crippen molar-refractivity contribution in [2.45, 2.75) is 51.1 Å². The van der Waals surface area contributed by atoms with Crippen LogP contribution in [0, 0.1) is 5.41 Å². The molecule has 4 rings (SSSR count).